The van der Waals surface area contributed by atoms with Crippen LogP contribution in [0.25, 0.3) is 0 Å². The van der Waals surface area contributed by atoms with E-state index in [2.05, 4.69) is 35.9 Å². The number of carbonyl (C=O) groups excluding carboxylic acids is 1. The van der Waals surface area contributed by atoms with E-state index in [0.717, 1.165) is 0 Å². The van der Waals surface area contributed by atoms with Gasteiger partial charge in [0.25, 0.3) is 5.91 Å². The van der Waals surface area contributed by atoms with Gasteiger partial charge in [-0.05, 0) is 28.1 Å². The van der Waals surface area contributed by atoms with Crippen LogP contribution in [-0.2, 0) is 6.42 Å². The number of benzene rings is 1. The van der Waals surface area contributed by atoms with Crippen LogP contribution in [0.15, 0.2) is 33.6 Å². The molecule has 1 heterocycles. The molecule has 6 nitrogen and oxygen atoms in total. The molecule has 0 saturated heterocycles. The molecule has 0 saturated carbocycles. The van der Waals surface area contributed by atoms with Crippen LogP contribution in [0.5, 0.6) is 0 Å². The summed E-state index contributed by atoms with van der Waals surface area (Å²) < 4.78 is 5.19. The largest absolute Gasteiger partial charge is 0.398 e. The normalized spacial score (nSPS) is 10.3. The fourth-order valence-corrected chi connectivity index (χ4v) is 1.86. The highest BCUT2D eigenvalue weighted by Gasteiger charge is 2.11. The average molecular weight is 311 g/mol. The lowest BCUT2D eigenvalue weighted by atomic mass is 10.2. The summed E-state index contributed by atoms with van der Waals surface area (Å²) in [4.78, 5) is 15.7. The van der Waals surface area contributed by atoms with Crippen molar-refractivity contribution < 1.29 is 9.32 Å². The number of anilines is 1. The molecule has 0 spiro atoms. The Morgan fingerprint density at radius 3 is 3.06 bits per heavy atom. The van der Waals surface area contributed by atoms with E-state index in [-0.39, 0.29) is 5.91 Å². The lowest BCUT2D eigenvalue weighted by molar-refractivity contribution is 0.0953. The molecule has 0 radical (unpaired) electrons. The Morgan fingerprint density at radius 2 is 2.33 bits per heavy atom. The number of rotatable bonds is 4. The van der Waals surface area contributed by atoms with Gasteiger partial charge in [-0.3, -0.25) is 4.79 Å². The topological polar surface area (TPSA) is 94.0 Å². The maximum atomic E-state index is 11.9. The molecule has 1 aromatic heterocycles. The molecule has 0 fully saturated rings. The first kappa shape index (κ1) is 12.6. The van der Waals surface area contributed by atoms with Crippen LogP contribution in [-0.4, -0.2) is 22.6 Å². The van der Waals surface area contributed by atoms with Crippen molar-refractivity contribution in [2.24, 2.45) is 0 Å². The Balaban J connectivity index is 1.93. The lowest BCUT2D eigenvalue weighted by Gasteiger charge is -2.07. The third-order valence-electron chi connectivity index (χ3n) is 2.31. The van der Waals surface area contributed by atoms with E-state index in [1.807, 2.05) is 0 Å². The van der Waals surface area contributed by atoms with E-state index < -0.39 is 0 Å². The minimum absolute atomic E-state index is 0.197. The summed E-state index contributed by atoms with van der Waals surface area (Å²) in [6.45, 7) is 0.430. The Bertz CT molecular complexity index is 542. The van der Waals surface area contributed by atoms with Gasteiger partial charge in [0.15, 0.2) is 5.82 Å². The van der Waals surface area contributed by atoms with Gasteiger partial charge in [0.2, 0.25) is 6.39 Å². The van der Waals surface area contributed by atoms with Crippen LogP contribution < -0.4 is 11.1 Å². The molecule has 2 rings (SSSR count). The minimum Gasteiger partial charge on any atom is -0.398 e. The molecular formula is C11H11BrN4O2. The van der Waals surface area contributed by atoms with E-state index in [1.54, 1.807) is 18.2 Å². The Hall–Kier alpha value is -1.89. The first-order valence-electron chi connectivity index (χ1n) is 5.26. The van der Waals surface area contributed by atoms with Crippen molar-refractivity contribution in [3.05, 3.63) is 40.5 Å². The summed E-state index contributed by atoms with van der Waals surface area (Å²) in [7, 11) is 0. The van der Waals surface area contributed by atoms with Gasteiger partial charge in [-0.15, -0.1) is 0 Å². The second-order valence-corrected chi connectivity index (χ2v) is 4.36. The van der Waals surface area contributed by atoms with Gasteiger partial charge < -0.3 is 15.6 Å². The summed E-state index contributed by atoms with van der Waals surface area (Å²) in [6.07, 6.45) is 1.77. The second-order valence-electron chi connectivity index (χ2n) is 3.56. The SMILES string of the molecule is Nc1cccc(C(=O)NCCc2ncon2)c1Br. The molecule has 0 atom stereocenters. The molecule has 2 aromatic rings. The summed E-state index contributed by atoms with van der Waals surface area (Å²) in [5, 5.41) is 6.41. The molecule has 94 valence electrons. The van der Waals surface area contributed by atoms with Crippen molar-refractivity contribution in [1.82, 2.24) is 15.5 Å². The summed E-state index contributed by atoms with van der Waals surface area (Å²) in [5.74, 6) is 0.361. The van der Waals surface area contributed by atoms with Crippen molar-refractivity contribution in [2.75, 3.05) is 12.3 Å². The third-order valence-corrected chi connectivity index (χ3v) is 3.20. The quantitative estimate of drug-likeness (QED) is 0.832. The molecular weight excluding hydrogens is 300 g/mol. The number of amides is 1. The van der Waals surface area contributed by atoms with E-state index in [1.165, 1.54) is 6.39 Å². The van der Waals surface area contributed by atoms with E-state index in [0.29, 0.717) is 34.5 Å². The van der Waals surface area contributed by atoms with Crippen molar-refractivity contribution >= 4 is 27.5 Å². The summed E-state index contributed by atoms with van der Waals surface area (Å²) in [6, 6.07) is 5.15. The van der Waals surface area contributed by atoms with Gasteiger partial charge in [-0.1, -0.05) is 11.2 Å². The van der Waals surface area contributed by atoms with Gasteiger partial charge in [0.05, 0.1) is 10.0 Å². The smallest absolute Gasteiger partial charge is 0.252 e. The van der Waals surface area contributed by atoms with Crippen LogP contribution in [0.2, 0.25) is 0 Å². The van der Waals surface area contributed by atoms with Gasteiger partial charge >= 0.3 is 0 Å². The maximum absolute atomic E-state index is 11.9. The molecule has 0 aliphatic carbocycles. The highest BCUT2D eigenvalue weighted by molar-refractivity contribution is 9.10. The Labute approximate surface area is 112 Å². The third kappa shape index (κ3) is 2.86. The van der Waals surface area contributed by atoms with Crippen LogP contribution in [0.3, 0.4) is 0 Å². The van der Waals surface area contributed by atoms with Crippen molar-refractivity contribution in [3.8, 4) is 0 Å². The number of carbonyl (C=O) groups is 1. The number of halogens is 1. The van der Waals surface area contributed by atoms with Gasteiger partial charge in [0, 0.05) is 18.7 Å². The predicted molar refractivity (Wildman–Crippen MR) is 68.9 cm³/mol. The monoisotopic (exact) mass is 310 g/mol. The number of nitrogens with one attached hydrogen (secondary N) is 1. The van der Waals surface area contributed by atoms with E-state index in [9.17, 15) is 4.79 Å². The molecule has 1 amide bonds. The molecule has 0 unspecified atom stereocenters. The number of nitrogens with zero attached hydrogens (tertiary/aromatic N) is 2. The maximum Gasteiger partial charge on any atom is 0.252 e. The zero-order valence-electron chi connectivity index (χ0n) is 9.39. The summed E-state index contributed by atoms with van der Waals surface area (Å²) in [5.41, 5.74) is 6.74. The number of hydrogen-bond acceptors (Lipinski definition) is 5. The van der Waals surface area contributed by atoms with Crippen LogP contribution in [0.1, 0.15) is 16.2 Å². The van der Waals surface area contributed by atoms with Gasteiger partial charge in [0.1, 0.15) is 0 Å². The zero-order valence-corrected chi connectivity index (χ0v) is 11.0. The summed E-state index contributed by atoms with van der Waals surface area (Å²) >= 11 is 3.29. The molecule has 18 heavy (non-hydrogen) atoms. The van der Waals surface area contributed by atoms with Crippen molar-refractivity contribution in [2.45, 2.75) is 6.42 Å². The average Bonchev–Trinajstić information content (AvgIpc) is 2.85. The first-order chi connectivity index (χ1) is 8.68. The number of nitrogen functional groups attached to an aromatic ring is 1. The lowest BCUT2D eigenvalue weighted by Crippen LogP contribution is -2.26. The van der Waals surface area contributed by atoms with E-state index >= 15 is 0 Å². The molecule has 0 aliphatic rings. The Morgan fingerprint density at radius 1 is 1.50 bits per heavy atom. The Kier molecular flexibility index (Phi) is 3.93. The van der Waals surface area contributed by atoms with Gasteiger partial charge in [-0.2, -0.15) is 4.98 Å². The fraction of sp³-hybridized carbons (Fsp3) is 0.182. The first-order valence-corrected chi connectivity index (χ1v) is 6.05. The zero-order chi connectivity index (χ0) is 13.0. The van der Waals surface area contributed by atoms with Crippen molar-refractivity contribution in [3.63, 3.8) is 0 Å². The highest BCUT2D eigenvalue weighted by Crippen LogP contribution is 2.23. The molecule has 0 bridgehead atoms. The number of hydrogen-bond donors (Lipinski definition) is 2. The predicted octanol–water partition coefficient (Wildman–Crippen LogP) is 1.39. The fourth-order valence-electron chi connectivity index (χ4n) is 1.41. The van der Waals surface area contributed by atoms with Gasteiger partial charge in [-0.25, -0.2) is 0 Å². The number of nitrogens with two attached hydrogens (primary N) is 1. The molecule has 1 aromatic carbocycles. The second kappa shape index (κ2) is 5.63. The minimum atomic E-state index is -0.197. The molecule has 0 aliphatic heterocycles. The van der Waals surface area contributed by atoms with Crippen LogP contribution in [0.4, 0.5) is 5.69 Å². The van der Waals surface area contributed by atoms with Crippen LogP contribution >= 0.6 is 15.9 Å². The molecule has 3 N–H and O–H groups in total. The van der Waals surface area contributed by atoms with Crippen LogP contribution in [0, 0.1) is 0 Å². The standard InChI is InChI=1S/C11H11BrN4O2/c12-10-7(2-1-3-8(10)13)11(17)14-5-4-9-15-6-18-16-9/h1-3,6H,4-5,13H2,(H,14,17). The number of aromatic nitrogens is 2. The molecule has 7 heteroatoms. The van der Waals surface area contributed by atoms with Crippen molar-refractivity contribution in [1.29, 1.82) is 0 Å². The highest BCUT2D eigenvalue weighted by atomic mass is 79.9. The van der Waals surface area contributed by atoms with E-state index in [4.69, 9.17) is 5.73 Å².